The minimum atomic E-state index is -0.739. The van der Waals surface area contributed by atoms with Crippen molar-refractivity contribution in [2.75, 3.05) is 11.9 Å². The summed E-state index contributed by atoms with van der Waals surface area (Å²) in [7, 11) is 0. The maximum absolute atomic E-state index is 12.9. The minimum Gasteiger partial charge on any atom is -0.395 e. The first-order valence-electron chi connectivity index (χ1n) is 4.59. The van der Waals surface area contributed by atoms with Crippen LogP contribution in [0.2, 0.25) is 0 Å². The van der Waals surface area contributed by atoms with E-state index in [1.165, 1.54) is 18.2 Å². The molecule has 0 aliphatic carbocycles. The molecule has 1 rings (SSSR count). The quantitative estimate of drug-likeness (QED) is 0.654. The zero-order valence-corrected chi connectivity index (χ0v) is 8.46. The zero-order valence-electron chi connectivity index (χ0n) is 8.46. The summed E-state index contributed by atoms with van der Waals surface area (Å²) in [6, 6.07) is 3.03. The van der Waals surface area contributed by atoms with Gasteiger partial charge in [0.05, 0.1) is 17.9 Å². The Morgan fingerprint density at radius 3 is 2.94 bits per heavy atom. The van der Waals surface area contributed by atoms with Crippen molar-refractivity contribution < 1.29 is 14.3 Å². The number of nitrogens with two attached hydrogens (primary N) is 1. The van der Waals surface area contributed by atoms with Crippen LogP contribution in [-0.4, -0.2) is 17.7 Å². The number of nitrogens with one attached hydrogen (secondary N) is 1. The molecule has 0 aromatic heterocycles. The molecule has 4 nitrogen and oxygen atoms in total. The summed E-state index contributed by atoms with van der Waals surface area (Å²) in [5.41, 5.74) is 5.63. The molecule has 1 aromatic carbocycles. The molecule has 84 valence electrons. The van der Waals surface area contributed by atoms with Gasteiger partial charge < -0.3 is 16.2 Å². The summed E-state index contributed by atoms with van der Waals surface area (Å²) in [5, 5.41) is 10.9. The molecule has 16 heavy (non-hydrogen) atoms. The lowest BCUT2D eigenvalue weighted by atomic mass is 10.1. The number of benzene rings is 1. The third-order valence-electron chi connectivity index (χ3n) is 1.70. The minimum absolute atomic E-state index is 0.0686. The highest BCUT2D eigenvalue weighted by atomic mass is 19.1. The van der Waals surface area contributed by atoms with E-state index in [9.17, 15) is 9.18 Å². The number of halogens is 1. The number of carbonyl (C=O) groups excluding carboxylic acids is 1. The van der Waals surface area contributed by atoms with Gasteiger partial charge in [-0.1, -0.05) is 11.8 Å². The number of aliphatic hydroxyl groups excluding tert-OH is 1. The summed E-state index contributed by atoms with van der Waals surface area (Å²) in [6.07, 6.45) is 0.284. The SMILES string of the molecule is NC(=O)Nc1ccc(F)cc1C#CCCO. The summed E-state index contributed by atoms with van der Waals surface area (Å²) < 4.78 is 12.9. The van der Waals surface area contributed by atoms with Crippen LogP contribution in [0.1, 0.15) is 12.0 Å². The molecule has 0 saturated heterocycles. The first kappa shape index (κ1) is 12.0. The Bertz CT molecular complexity index is 449. The first-order valence-corrected chi connectivity index (χ1v) is 4.59. The van der Waals surface area contributed by atoms with Gasteiger partial charge in [0.1, 0.15) is 5.82 Å². The van der Waals surface area contributed by atoms with Crippen molar-refractivity contribution in [1.29, 1.82) is 0 Å². The van der Waals surface area contributed by atoms with Gasteiger partial charge in [0.15, 0.2) is 0 Å². The van der Waals surface area contributed by atoms with Crippen LogP contribution in [-0.2, 0) is 0 Å². The van der Waals surface area contributed by atoms with Crippen molar-refractivity contribution in [1.82, 2.24) is 0 Å². The third kappa shape index (κ3) is 3.59. The summed E-state index contributed by atoms with van der Waals surface area (Å²) >= 11 is 0. The monoisotopic (exact) mass is 222 g/mol. The van der Waals surface area contributed by atoms with Crippen LogP contribution in [0.4, 0.5) is 14.9 Å². The smallest absolute Gasteiger partial charge is 0.316 e. The maximum Gasteiger partial charge on any atom is 0.316 e. The Balaban J connectivity index is 2.99. The predicted molar refractivity (Wildman–Crippen MR) is 58.2 cm³/mol. The highest BCUT2D eigenvalue weighted by Crippen LogP contribution is 2.15. The molecule has 0 heterocycles. The van der Waals surface area contributed by atoms with Crippen molar-refractivity contribution in [2.45, 2.75) is 6.42 Å². The topological polar surface area (TPSA) is 75.4 Å². The molecule has 0 fully saturated rings. The average Bonchev–Trinajstić information content (AvgIpc) is 2.22. The number of urea groups is 1. The molecular formula is C11H11FN2O2. The van der Waals surface area contributed by atoms with Crippen LogP contribution in [0.3, 0.4) is 0 Å². The van der Waals surface area contributed by atoms with Crippen LogP contribution in [0.15, 0.2) is 18.2 Å². The Labute approximate surface area is 92.3 Å². The van der Waals surface area contributed by atoms with Gasteiger partial charge in [-0.05, 0) is 18.2 Å². The lowest BCUT2D eigenvalue weighted by Crippen LogP contribution is -2.19. The van der Waals surface area contributed by atoms with Crippen LogP contribution < -0.4 is 11.1 Å². The van der Waals surface area contributed by atoms with Crippen molar-refractivity contribution in [3.05, 3.63) is 29.6 Å². The standard InChI is InChI=1S/C11H11FN2O2/c12-9-4-5-10(14-11(13)16)8(7-9)3-1-2-6-15/h4-5,7,15H,2,6H2,(H3,13,14,16). The highest BCUT2D eigenvalue weighted by molar-refractivity contribution is 5.89. The van der Waals surface area contributed by atoms with Gasteiger partial charge >= 0.3 is 6.03 Å². The van der Waals surface area contributed by atoms with Gasteiger partial charge in [-0.15, -0.1) is 0 Å². The molecule has 0 atom stereocenters. The molecule has 0 spiro atoms. The van der Waals surface area contributed by atoms with Crippen molar-refractivity contribution in [2.24, 2.45) is 5.73 Å². The lowest BCUT2D eigenvalue weighted by molar-refractivity contribution is 0.259. The average molecular weight is 222 g/mol. The van der Waals surface area contributed by atoms with E-state index in [2.05, 4.69) is 17.2 Å². The lowest BCUT2D eigenvalue weighted by Gasteiger charge is -2.04. The molecule has 1 aromatic rings. The molecule has 0 radical (unpaired) electrons. The number of rotatable bonds is 2. The second kappa shape index (κ2) is 5.73. The van der Waals surface area contributed by atoms with Crippen molar-refractivity contribution in [3.8, 4) is 11.8 Å². The van der Waals surface area contributed by atoms with Crippen molar-refractivity contribution in [3.63, 3.8) is 0 Å². The summed E-state index contributed by atoms with van der Waals surface area (Å²) in [6.45, 7) is -0.0686. The summed E-state index contributed by atoms with van der Waals surface area (Å²) in [4.78, 5) is 10.7. The van der Waals surface area contributed by atoms with Gasteiger partial charge in [-0.25, -0.2) is 9.18 Å². The van der Waals surface area contributed by atoms with E-state index in [-0.39, 0.29) is 13.0 Å². The molecule has 4 N–H and O–H groups in total. The van der Waals surface area contributed by atoms with Crippen LogP contribution in [0, 0.1) is 17.7 Å². The second-order valence-electron chi connectivity index (χ2n) is 2.95. The van der Waals surface area contributed by atoms with E-state index in [1.807, 2.05) is 0 Å². The van der Waals surface area contributed by atoms with E-state index in [1.54, 1.807) is 0 Å². The molecule has 0 aliphatic heterocycles. The maximum atomic E-state index is 12.9. The van der Waals surface area contributed by atoms with E-state index in [4.69, 9.17) is 10.8 Å². The molecule has 0 unspecified atom stereocenters. The van der Waals surface area contributed by atoms with Gasteiger partial charge in [0.25, 0.3) is 0 Å². The van der Waals surface area contributed by atoms with Crippen molar-refractivity contribution >= 4 is 11.7 Å². The Kier molecular flexibility index (Phi) is 4.30. The molecule has 5 heteroatoms. The highest BCUT2D eigenvalue weighted by Gasteiger charge is 2.03. The number of amides is 2. The number of aliphatic hydroxyl groups is 1. The largest absolute Gasteiger partial charge is 0.395 e. The fraction of sp³-hybridized carbons (Fsp3) is 0.182. The zero-order chi connectivity index (χ0) is 12.0. The molecule has 0 aliphatic rings. The first-order chi connectivity index (χ1) is 7.63. The molecule has 0 bridgehead atoms. The van der Waals surface area contributed by atoms with Crippen LogP contribution in [0.25, 0.3) is 0 Å². The number of hydrogen-bond donors (Lipinski definition) is 3. The van der Waals surface area contributed by atoms with Gasteiger partial charge in [0, 0.05) is 6.42 Å². The Hall–Kier alpha value is -2.06. The van der Waals surface area contributed by atoms with Gasteiger partial charge in [-0.3, -0.25) is 0 Å². The second-order valence-corrected chi connectivity index (χ2v) is 2.95. The van der Waals surface area contributed by atoms with E-state index in [0.717, 1.165) is 0 Å². The Morgan fingerprint density at radius 2 is 2.31 bits per heavy atom. The fourth-order valence-electron chi connectivity index (χ4n) is 1.08. The number of carbonyl (C=O) groups is 1. The molecular weight excluding hydrogens is 211 g/mol. The van der Waals surface area contributed by atoms with Gasteiger partial charge in [0.2, 0.25) is 0 Å². The molecule has 0 saturated carbocycles. The van der Waals surface area contributed by atoms with E-state index in [0.29, 0.717) is 11.3 Å². The normalized spacial score (nSPS) is 9.12. The fourth-order valence-corrected chi connectivity index (χ4v) is 1.08. The number of anilines is 1. The van der Waals surface area contributed by atoms with Crippen LogP contribution >= 0.6 is 0 Å². The Morgan fingerprint density at radius 1 is 1.56 bits per heavy atom. The predicted octanol–water partition coefficient (Wildman–Crippen LogP) is 1.05. The van der Waals surface area contributed by atoms with Gasteiger partial charge in [-0.2, -0.15) is 0 Å². The summed E-state index contributed by atoms with van der Waals surface area (Å²) in [5.74, 6) is 4.82. The van der Waals surface area contributed by atoms with E-state index < -0.39 is 11.8 Å². The number of primary amides is 1. The number of hydrogen-bond acceptors (Lipinski definition) is 2. The molecule has 2 amide bonds. The van der Waals surface area contributed by atoms with Crippen LogP contribution in [0.5, 0.6) is 0 Å². The third-order valence-corrected chi connectivity index (χ3v) is 1.70. The van der Waals surface area contributed by atoms with E-state index >= 15 is 0 Å².